The van der Waals surface area contributed by atoms with Crippen LogP contribution in [0.2, 0.25) is 0 Å². The monoisotopic (exact) mass is 336 g/mol. The van der Waals surface area contributed by atoms with E-state index in [1.807, 2.05) is 20.8 Å². The molecule has 0 fully saturated rings. The predicted octanol–water partition coefficient (Wildman–Crippen LogP) is 1.84. The van der Waals surface area contributed by atoms with Gasteiger partial charge in [0.2, 0.25) is 0 Å². The molecule has 1 heterocycles. The summed E-state index contributed by atoms with van der Waals surface area (Å²) in [6.07, 6.45) is 1.34. The van der Waals surface area contributed by atoms with Crippen LogP contribution in [0.1, 0.15) is 31.3 Å². The summed E-state index contributed by atoms with van der Waals surface area (Å²) >= 11 is 0. The Balaban J connectivity index is 3.08. The number of carbonyl (C=O) groups excluding carboxylic acids is 1. The third-order valence-corrected chi connectivity index (χ3v) is 4.60. The number of halogens is 1. The highest BCUT2D eigenvalue weighted by molar-refractivity contribution is 8.13. The van der Waals surface area contributed by atoms with E-state index in [1.165, 1.54) is 23.9 Å². The van der Waals surface area contributed by atoms with E-state index < -0.39 is 9.05 Å². The Labute approximate surface area is 129 Å². The second kappa shape index (κ2) is 7.29. The average molecular weight is 337 g/mol. The second-order valence-electron chi connectivity index (χ2n) is 5.19. The van der Waals surface area contributed by atoms with Crippen LogP contribution in [0.3, 0.4) is 0 Å². The first kappa shape index (κ1) is 18.0. The van der Waals surface area contributed by atoms with Gasteiger partial charge in [-0.1, -0.05) is 13.8 Å². The molecule has 0 aliphatic carbocycles. The summed E-state index contributed by atoms with van der Waals surface area (Å²) in [4.78, 5) is 12.2. The normalized spacial score (nSPS) is 13.4. The fraction of sp³-hybridized carbons (Fsp3) is 0.615. The maximum absolute atomic E-state index is 12.3. The number of methoxy groups -OCH3 is 1. The van der Waals surface area contributed by atoms with Crippen molar-refractivity contribution in [3.05, 3.63) is 18.0 Å². The topological polar surface area (TPSA) is 77.4 Å². The Morgan fingerprint density at radius 3 is 2.52 bits per heavy atom. The standard InChI is InChI=1S/C13H21ClN2O4S/c1-9(2)10(3)15-13(17)12-7-11(21(14,18)19)8-16(12)5-6-20-4/h7-10H,5-6H2,1-4H3,(H,15,17). The Hall–Kier alpha value is -1.05. The van der Waals surface area contributed by atoms with Gasteiger partial charge < -0.3 is 14.6 Å². The molecule has 1 aromatic heterocycles. The lowest BCUT2D eigenvalue weighted by atomic mass is 10.1. The number of nitrogens with one attached hydrogen (secondary N) is 1. The number of hydrogen-bond donors (Lipinski definition) is 1. The van der Waals surface area contributed by atoms with Crippen molar-refractivity contribution in [3.63, 3.8) is 0 Å². The molecule has 0 bridgehead atoms. The van der Waals surface area contributed by atoms with E-state index in [9.17, 15) is 13.2 Å². The van der Waals surface area contributed by atoms with Crippen molar-refractivity contribution < 1.29 is 17.9 Å². The number of aromatic nitrogens is 1. The molecule has 6 nitrogen and oxygen atoms in total. The van der Waals surface area contributed by atoms with Crippen LogP contribution in [0, 0.1) is 5.92 Å². The largest absolute Gasteiger partial charge is 0.383 e. The summed E-state index contributed by atoms with van der Waals surface area (Å²) in [6, 6.07) is 1.25. The molecule has 0 spiro atoms. The van der Waals surface area contributed by atoms with Gasteiger partial charge in [-0.2, -0.15) is 0 Å². The highest BCUT2D eigenvalue weighted by atomic mass is 35.7. The lowest BCUT2D eigenvalue weighted by Gasteiger charge is -2.18. The summed E-state index contributed by atoms with van der Waals surface area (Å²) in [6.45, 7) is 6.59. The molecule has 0 aliphatic rings. The lowest BCUT2D eigenvalue weighted by Crippen LogP contribution is -2.37. The highest BCUT2D eigenvalue weighted by Crippen LogP contribution is 2.19. The Morgan fingerprint density at radius 2 is 2.05 bits per heavy atom. The molecule has 1 rings (SSSR count). The first-order valence-electron chi connectivity index (χ1n) is 6.61. The molecule has 0 aliphatic heterocycles. The third-order valence-electron chi connectivity index (χ3n) is 3.28. The SMILES string of the molecule is COCCn1cc(S(=O)(=O)Cl)cc1C(=O)NC(C)C(C)C. The van der Waals surface area contributed by atoms with Gasteiger partial charge in [0.05, 0.1) is 6.61 Å². The molecule has 1 amide bonds. The summed E-state index contributed by atoms with van der Waals surface area (Å²) < 4.78 is 29.3. The first-order chi connectivity index (χ1) is 9.66. The van der Waals surface area contributed by atoms with Gasteiger partial charge in [-0.25, -0.2) is 8.42 Å². The van der Waals surface area contributed by atoms with Gasteiger partial charge in [-0.3, -0.25) is 4.79 Å². The Kier molecular flexibility index (Phi) is 6.24. The third kappa shape index (κ3) is 5.01. The van der Waals surface area contributed by atoms with Crippen molar-refractivity contribution in [2.75, 3.05) is 13.7 Å². The van der Waals surface area contributed by atoms with Crippen LogP contribution in [0.4, 0.5) is 0 Å². The fourth-order valence-corrected chi connectivity index (χ4v) is 2.39. The van der Waals surface area contributed by atoms with Gasteiger partial charge in [-0.15, -0.1) is 0 Å². The molecule has 1 unspecified atom stereocenters. The van der Waals surface area contributed by atoms with E-state index in [1.54, 1.807) is 0 Å². The number of carbonyl (C=O) groups is 1. The zero-order valence-corrected chi connectivity index (χ0v) is 14.2. The molecular formula is C13H21ClN2O4S. The quantitative estimate of drug-likeness (QED) is 0.771. The van der Waals surface area contributed by atoms with Gasteiger partial charge in [0.1, 0.15) is 10.6 Å². The minimum Gasteiger partial charge on any atom is -0.383 e. The molecular weight excluding hydrogens is 316 g/mol. The van der Waals surface area contributed by atoms with Gasteiger partial charge in [0.15, 0.2) is 0 Å². The predicted molar refractivity (Wildman–Crippen MR) is 81.1 cm³/mol. The molecule has 21 heavy (non-hydrogen) atoms. The van der Waals surface area contributed by atoms with Gasteiger partial charge in [-0.05, 0) is 18.9 Å². The van der Waals surface area contributed by atoms with Crippen molar-refractivity contribution in [1.29, 1.82) is 0 Å². The Morgan fingerprint density at radius 1 is 1.43 bits per heavy atom. The van der Waals surface area contributed by atoms with Crippen LogP contribution < -0.4 is 5.32 Å². The van der Waals surface area contributed by atoms with E-state index in [-0.39, 0.29) is 28.5 Å². The maximum Gasteiger partial charge on any atom is 0.268 e. The molecule has 1 atom stereocenters. The van der Waals surface area contributed by atoms with E-state index in [0.29, 0.717) is 13.2 Å². The summed E-state index contributed by atoms with van der Waals surface area (Å²) in [5.41, 5.74) is 0.249. The van der Waals surface area contributed by atoms with Crippen LogP contribution >= 0.6 is 10.7 Å². The molecule has 8 heteroatoms. The second-order valence-corrected chi connectivity index (χ2v) is 7.76. The maximum atomic E-state index is 12.3. The number of amides is 1. The molecule has 0 radical (unpaired) electrons. The number of hydrogen-bond acceptors (Lipinski definition) is 4. The zero-order chi connectivity index (χ0) is 16.2. The average Bonchev–Trinajstić information content (AvgIpc) is 2.80. The van der Waals surface area contributed by atoms with Gasteiger partial charge in [0.25, 0.3) is 15.0 Å². The molecule has 1 aromatic rings. The first-order valence-corrected chi connectivity index (χ1v) is 8.92. The number of rotatable bonds is 7. The van der Waals surface area contributed by atoms with Crippen LogP contribution in [-0.4, -0.2) is 38.7 Å². The van der Waals surface area contributed by atoms with Gasteiger partial charge in [0, 0.05) is 36.6 Å². The lowest BCUT2D eigenvalue weighted by molar-refractivity contribution is 0.0918. The summed E-state index contributed by atoms with van der Waals surface area (Å²) in [5, 5.41) is 2.84. The van der Waals surface area contributed by atoms with Crippen LogP contribution in [-0.2, 0) is 20.3 Å². The molecule has 0 saturated carbocycles. The molecule has 0 saturated heterocycles. The van der Waals surface area contributed by atoms with Crippen molar-refractivity contribution >= 4 is 25.6 Å². The molecule has 120 valence electrons. The van der Waals surface area contributed by atoms with Crippen molar-refractivity contribution in [2.24, 2.45) is 5.92 Å². The smallest absolute Gasteiger partial charge is 0.268 e. The Bertz CT molecular complexity index is 595. The van der Waals surface area contributed by atoms with Crippen molar-refractivity contribution in [2.45, 2.75) is 38.3 Å². The van der Waals surface area contributed by atoms with Crippen molar-refractivity contribution in [1.82, 2.24) is 9.88 Å². The van der Waals surface area contributed by atoms with Crippen molar-refractivity contribution in [3.8, 4) is 0 Å². The minimum atomic E-state index is -3.88. The van der Waals surface area contributed by atoms with Crippen LogP contribution in [0.15, 0.2) is 17.2 Å². The van der Waals surface area contributed by atoms with Crippen LogP contribution in [0.25, 0.3) is 0 Å². The fourth-order valence-electron chi connectivity index (χ4n) is 1.63. The zero-order valence-electron chi connectivity index (χ0n) is 12.6. The number of ether oxygens (including phenoxy) is 1. The van der Waals surface area contributed by atoms with E-state index in [2.05, 4.69) is 5.32 Å². The summed E-state index contributed by atoms with van der Waals surface area (Å²) in [5.74, 6) is -0.0635. The molecule has 0 aromatic carbocycles. The van der Waals surface area contributed by atoms with E-state index in [0.717, 1.165) is 0 Å². The van der Waals surface area contributed by atoms with Gasteiger partial charge >= 0.3 is 0 Å². The summed E-state index contributed by atoms with van der Waals surface area (Å²) in [7, 11) is 2.99. The number of nitrogens with zero attached hydrogens (tertiary/aromatic N) is 1. The van der Waals surface area contributed by atoms with E-state index in [4.69, 9.17) is 15.4 Å². The van der Waals surface area contributed by atoms with Crippen LogP contribution in [0.5, 0.6) is 0 Å². The highest BCUT2D eigenvalue weighted by Gasteiger charge is 2.21. The van der Waals surface area contributed by atoms with E-state index >= 15 is 0 Å². The molecule has 1 N–H and O–H groups in total. The minimum absolute atomic E-state index is 0.0284.